The van der Waals surface area contributed by atoms with Gasteiger partial charge in [-0.1, -0.05) is 42.5 Å². The second-order valence-corrected chi connectivity index (χ2v) is 7.53. The van der Waals surface area contributed by atoms with E-state index in [4.69, 9.17) is 0 Å². The Morgan fingerprint density at radius 2 is 1.62 bits per heavy atom. The van der Waals surface area contributed by atoms with Crippen molar-refractivity contribution in [1.82, 2.24) is 4.72 Å². The molecule has 0 bridgehead atoms. The molecule has 0 aliphatic heterocycles. The molecular weight excluding hydrogens is 302 g/mol. The number of nitrogens with one attached hydrogen (secondary N) is 1. The topological polar surface area (TPSA) is 46.2 Å². The summed E-state index contributed by atoms with van der Waals surface area (Å²) in [6.07, 6.45) is 2.54. The zero-order valence-corrected chi connectivity index (χ0v) is 13.6. The fraction of sp³-hybridized carbons (Fsp3) is 0.250. The Morgan fingerprint density at radius 1 is 0.952 bits per heavy atom. The lowest BCUT2D eigenvalue weighted by Crippen LogP contribution is -2.26. The summed E-state index contributed by atoms with van der Waals surface area (Å²) in [4.78, 5) is 1.17. The molecule has 0 heterocycles. The van der Waals surface area contributed by atoms with Crippen molar-refractivity contribution in [1.29, 1.82) is 0 Å². The molecule has 0 aromatic heterocycles. The number of hydrogen-bond donors (Lipinski definition) is 1. The lowest BCUT2D eigenvalue weighted by molar-refractivity contribution is 0.580. The second-order valence-electron chi connectivity index (χ2n) is 4.72. The third-order valence-electron chi connectivity index (χ3n) is 3.16. The molecule has 2 rings (SSSR count). The zero-order chi connectivity index (χ0) is 15.1. The van der Waals surface area contributed by atoms with Crippen LogP contribution in [0.4, 0.5) is 0 Å². The highest BCUT2D eigenvalue weighted by Crippen LogP contribution is 2.14. The van der Waals surface area contributed by atoms with Gasteiger partial charge in [-0.2, -0.15) is 0 Å². The maximum absolute atomic E-state index is 12.0. The highest BCUT2D eigenvalue weighted by molar-refractivity contribution is 7.98. The van der Waals surface area contributed by atoms with Crippen LogP contribution < -0.4 is 4.72 Å². The van der Waals surface area contributed by atoms with Crippen molar-refractivity contribution in [2.45, 2.75) is 17.9 Å². The third kappa shape index (κ3) is 5.53. The van der Waals surface area contributed by atoms with E-state index in [2.05, 4.69) is 4.72 Å². The summed E-state index contributed by atoms with van der Waals surface area (Å²) in [5, 5.41) is 0. The Morgan fingerprint density at radius 3 is 2.24 bits per heavy atom. The molecule has 21 heavy (non-hydrogen) atoms. The largest absolute Gasteiger partial charge is 0.212 e. The molecule has 0 fully saturated rings. The number of hydrogen-bond acceptors (Lipinski definition) is 3. The van der Waals surface area contributed by atoms with Crippen LogP contribution in [0.2, 0.25) is 0 Å². The Bertz CT molecular complexity index is 652. The van der Waals surface area contributed by atoms with Gasteiger partial charge in [0.05, 0.1) is 5.75 Å². The summed E-state index contributed by atoms with van der Waals surface area (Å²) in [5.41, 5.74) is 2.00. The van der Waals surface area contributed by atoms with Crippen LogP contribution in [0.1, 0.15) is 11.1 Å². The monoisotopic (exact) mass is 321 g/mol. The van der Waals surface area contributed by atoms with E-state index in [1.807, 2.05) is 60.9 Å². The maximum Gasteiger partial charge on any atom is 0.212 e. The molecule has 0 aliphatic carbocycles. The van der Waals surface area contributed by atoms with Gasteiger partial charge in [-0.25, -0.2) is 13.1 Å². The Kier molecular flexibility index (Phi) is 5.85. The van der Waals surface area contributed by atoms with Crippen LogP contribution in [0, 0.1) is 0 Å². The van der Waals surface area contributed by atoms with Crippen molar-refractivity contribution in [2.24, 2.45) is 0 Å². The first-order valence-electron chi connectivity index (χ1n) is 6.73. The lowest BCUT2D eigenvalue weighted by Gasteiger charge is -2.07. The molecule has 3 nitrogen and oxygen atoms in total. The summed E-state index contributed by atoms with van der Waals surface area (Å²) in [6, 6.07) is 17.5. The highest BCUT2D eigenvalue weighted by atomic mass is 32.2. The first kappa shape index (κ1) is 16.1. The normalized spacial score (nSPS) is 11.5. The molecule has 1 N–H and O–H groups in total. The van der Waals surface area contributed by atoms with E-state index in [1.54, 1.807) is 11.8 Å². The van der Waals surface area contributed by atoms with Gasteiger partial charge in [0.1, 0.15) is 0 Å². The van der Waals surface area contributed by atoms with E-state index in [0.29, 0.717) is 13.0 Å². The minimum absolute atomic E-state index is 0.111. The molecule has 0 spiro atoms. The van der Waals surface area contributed by atoms with E-state index < -0.39 is 10.0 Å². The fourth-order valence-electron chi connectivity index (χ4n) is 1.91. The van der Waals surface area contributed by atoms with Crippen LogP contribution in [-0.4, -0.2) is 20.4 Å². The summed E-state index contributed by atoms with van der Waals surface area (Å²) in [5.74, 6) is 0.111. The van der Waals surface area contributed by atoms with Gasteiger partial charge in [0, 0.05) is 11.4 Å². The Labute approximate surface area is 130 Å². The fourth-order valence-corrected chi connectivity index (χ4v) is 3.35. The lowest BCUT2D eigenvalue weighted by atomic mass is 10.2. The van der Waals surface area contributed by atoms with E-state index in [9.17, 15) is 8.42 Å². The van der Waals surface area contributed by atoms with Crippen molar-refractivity contribution < 1.29 is 8.42 Å². The van der Waals surface area contributed by atoms with Gasteiger partial charge in [0.15, 0.2) is 0 Å². The molecule has 2 aromatic carbocycles. The first-order chi connectivity index (χ1) is 10.1. The quantitative estimate of drug-likeness (QED) is 0.797. The average molecular weight is 321 g/mol. The summed E-state index contributed by atoms with van der Waals surface area (Å²) < 4.78 is 26.6. The van der Waals surface area contributed by atoms with Crippen molar-refractivity contribution in [3.63, 3.8) is 0 Å². The van der Waals surface area contributed by atoms with Crippen LogP contribution in [0.15, 0.2) is 59.5 Å². The zero-order valence-electron chi connectivity index (χ0n) is 12.0. The molecule has 0 atom stereocenters. The SMILES string of the molecule is CSc1ccc(CNS(=O)(=O)CCc2ccccc2)cc1. The van der Waals surface area contributed by atoms with Gasteiger partial charge in [-0.3, -0.25) is 0 Å². The third-order valence-corrected chi connectivity index (χ3v) is 5.23. The number of aryl methyl sites for hydroxylation is 1. The predicted molar refractivity (Wildman–Crippen MR) is 89.0 cm³/mol. The second kappa shape index (κ2) is 7.64. The molecule has 112 valence electrons. The molecule has 5 heteroatoms. The van der Waals surface area contributed by atoms with Crippen LogP contribution in [0.25, 0.3) is 0 Å². The van der Waals surface area contributed by atoms with Crippen LogP contribution in [-0.2, 0) is 23.0 Å². The van der Waals surface area contributed by atoms with Crippen molar-refractivity contribution >= 4 is 21.8 Å². The van der Waals surface area contributed by atoms with E-state index in [-0.39, 0.29) is 5.75 Å². The summed E-state index contributed by atoms with van der Waals surface area (Å²) >= 11 is 1.67. The Balaban J connectivity index is 1.85. The number of sulfonamides is 1. The Hall–Kier alpha value is -1.30. The average Bonchev–Trinajstić information content (AvgIpc) is 2.53. The van der Waals surface area contributed by atoms with E-state index >= 15 is 0 Å². The van der Waals surface area contributed by atoms with Gasteiger partial charge >= 0.3 is 0 Å². The molecule has 2 aromatic rings. The van der Waals surface area contributed by atoms with Crippen LogP contribution in [0.5, 0.6) is 0 Å². The molecule has 0 saturated carbocycles. The number of thioether (sulfide) groups is 1. The van der Waals surface area contributed by atoms with Crippen molar-refractivity contribution in [3.8, 4) is 0 Å². The van der Waals surface area contributed by atoms with Gasteiger partial charge in [0.2, 0.25) is 10.0 Å². The summed E-state index contributed by atoms with van der Waals surface area (Å²) in [7, 11) is -3.25. The standard InChI is InChI=1S/C16H19NO2S2/c1-20-16-9-7-15(8-10-16)13-17-21(18,19)12-11-14-5-3-2-4-6-14/h2-10,17H,11-13H2,1H3. The minimum atomic E-state index is -3.25. The van der Waals surface area contributed by atoms with Gasteiger partial charge in [-0.15, -0.1) is 11.8 Å². The van der Waals surface area contributed by atoms with Crippen molar-refractivity contribution in [2.75, 3.05) is 12.0 Å². The molecule has 0 radical (unpaired) electrons. The van der Waals surface area contributed by atoms with E-state index in [1.165, 1.54) is 4.90 Å². The van der Waals surface area contributed by atoms with Gasteiger partial charge in [0.25, 0.3) is 0 Å². The number of benzene rings is 2. The first-order valence-corrected chi connectivity index (χ1v) is 9.61. The molecular formula is C16H19NO2S2. The van der Waals surface area contributed by atoms with Gasteiger partial charge < -0.3 is 0 Å². The molecule has 0 saturated heterocycles. The molecule has 0 amide bonds. The maximum atomic E-state index is 12.0. The highest BCUT2D eigenvalue weighted by Gasteiger charge is 2.10. The minimum Gasteiger partial charge on any atom is -0.212 e. The van der Waals surface area contributed by atoms with Crippen LogP contribution >= 0.6 is 11.8 Å². The van der Waals surface area contributed by atoms with Gasteiger partial charge in [-0.05, 0) is 35.9 Å². The van der Waals surface area contributed by atoms with Crippen LogP contribution in [0.3, 0.4) is 0 Å². The number of rotatable bonds is 7. The summed E-state index contributed by atoms with van der Waals surface area (Å²) in [6.45, 7) is 0.339. The molecule has 0 aliphatic rings. The molecule has 0 unspecified atom stereocenters. The van der Waals surface area contributed by atoms with Crippen molar-refractivity contribution in [3.05, 3.63) is 65.7 Å². The smallest absolute Gasteiger partial charge is 0.212 e. The predicted octanol–water partition coefficient (Wildman–Crippen LogP) is 3.07. The van der Waals surface area contributed by atoms with E-state index in [0.717, 1.165) is 11.1 Å².